The smallest absolute Gasteiger partial charge is 0.238 e. The molecule has 0 aliphatic heterocycles. The van der Waals surface area contributed by atoms with Gasteiger partial charge in [0.15, 0.2) is 0 Å². The van der Waals surface area contributed by atoms with Crippen LogP contribution in [-0.4, -0.2) is 8.42 Å². The zero-order chi connectivity index (χ0) is 19.9. The van der Waals surface area contributed by atoms with E-state index in [9.17, 15) is 8.42 Å². The summed E-state index contributed by atoms with van der Waals surface area (Å²) in [5.74, 6) is 0.548. The largest absolute Gasteiger partial charge is 0.455 e. The summed E-state index contributed by atoms with van der Waals surface area (Å²) in [5.41, 5.74) is 2.94. The molecule has 0 atom stereocenters. The highest BCUT2D eigenvalue weighted by molar-refractivity contribution is 7.89. The van der Waals surface area contributed by atoms with Crippen molar-refractivity contribution in [1.29, 1.82) is 0 Å². The van der Waals surface area contributed by atoms with Crippen molar-refractivity contribution in [3.63, 3.8) is 0 Å². The summed E-state index contributed by atoms with van der Waals surface area (Å²) in [6, 6.07) is 21.1. The Hall–Kier alpha value is -2.51. The lowest BCUT2D eigenvalue weighted by atomic mass is 9.99. The van der Waals surface area contributed by atoms with E-state index in [1.807, 2.05) is 36.4 Å². The van der Waals surface area contributed by atoms with Crippen LogP contribution in [0.2, 0.25) is 5.02 Å². The van der Waals surface area contributed by atoms with Crippen LogP contribution in [0.3, 0.4) is 0 Å². The molecule has 7 heteroatoms. The number of para-hydroxylation sites is 1. The van der Waals surface area contributed by atoms with E-state index in [4.69, 9.17) is 33.4 Å². The number of fused-ring (bicyclic) bond motifs is 1. The molecule has 0 aliphatic carbocycles. The Balaban J connectivity index is 2.03. The van der Waals surface area contributed by atoms with Crippen molar-refractivity contribution in [2.75, 3.05) is 0 Å². The van der Waals surface area contributed by atoms with Gasteiger partial charge in [0.2, 0.25) is 10.0 Å². The van der Waals surface area contributed by atoms with Crippen LogP contribution in [0, 0.1) is 4.51 Å². The average molecular weight is 428 g/mol. The fourth-order valence-electron chi connectivity index (χ4n) is 3.02. The molecule has 0 saturated heterocycles. The maximum absolute atomic E-state index is 11.6. The topological polar surface area (TPSA) is 73.3 Å². The standard InChI is InChI=1S/C21H14ClNO3S2/c22-15-9-5-13(6-10-15)19-20(14-7-11-16(12-8-14)28(23,24)25)26-18-4-2-1-3-17(18)21(19)27/h1-12H,(H2,23,24,25). The molecule has 2 N–H and O–H groups in total. The van der Waals surface area contributed by atoms with Gasteiger partial charge in [0, 0.05) is 21.5 Å². The highest BCUT2D eigenvalue weighted by atomic mass is 35.5. The molecule has 0 spiro atoms. The van der Waals surface area contributed by atoms with Crippen LogP contribution < -0.4 is 5.14 Å². The lowest BCUT2D eigenvalue weighted by molar-refractivity contribution is 0.597. The lowest BCUT2D eigenvalue weighted by Crippen LogP contribution is -2.11. The predicted octanol–water partition coefficient (Wildman–Crippen LogP) is 5.80. The van der Waals surface area contributed by atoms with Gasteiger partial charge in [-0.2, -0.15) is 0 Å². The summed E-state index contributed by atoms with van der Waals surface area (Å²) in [5, 5.41) is 6.64. The van der Waals surface area contributed by atoms with Gasteiger partial charge in [-0.05, 0) is 54.1 Å². The minimum Gasteiger partial charge on any atom is -0.455 e. The number of hydrogen-bond donors (Lipinski definition) is 1. The van der Waals surface area contributed by atoms with E-state index >= 15 is 0 Å². The van der Waals surface area contributed by atoms with Crippen LogP contribution in [0.25, 0.3) is 33.4 Å². The zero-order valence-electron chi connectivity index (χ0n) is 14.4. The molecule has 0 bridgehead atoms. The molecule has 4 nitrogen and oxygen atoms in total. The summed E-state index contributed by atoms with van der Waals surface area (Å²) in [7, 11) is -3.78. The highest BCUT2D eigenvalue weighted by Gasteiger charge is 2.16. The first kappa shape index (κ1) is 18.8. The van der Waals surface area contributed by atoms with Gasteiger partial charge in [-0.3, -0.25) is 0 Å². The van der Waals surface area contributed by atoms with Gasteiger partial charge in [-0.15, -0.1) is 0 Å². The fraction of sp³-hybridized carbons (Fsp3) is 0. The monoisotopic (exact) mass is 427 g/mol. The number of primary sulfonamides is 1. The molecule has 1 heterocycles. The third-order valence-electron chi connectivity index (χ3n) is 4.38. The van der Waals surface area contributed by atoms with Crippen molar-refractivity contribution < 1.29 is 12.8 Å². The molecule has 0 saturated carbocycles. The molecule has 1 aromatic heterocycles. The van der Waals surface area contributed by atoms with Crippen LogP contribution in [0.4, 0.5) is 0 Å². The van der Waals surface area contributed by atoms with E-state index in [2.05, 4.69) is 0 Å². The second-order valence-corrected chi connectivity index (χ2v) is 8.61. The summed E-state index contributed by atoms with van der Waals surface area (Å²) in [6.07, 6.45) is 0. The Bertz CT molecular complexity index is 1340. The minimum absolute atomic E-state index is 0.0312. The first-order valence-corrected chi connectivity index (χ1v) is 10.6. The third-order valence-corrected chi connectivity index (χ3v) is 5.98. The number of benzene rings is 3. The Morgan fingerprint density at radius 3 is 2.11 bits per heavy atom. The molecule has 0 radical (unpaired) electrons. The first-order chi connectivity index (χ1) is 13.3. The Morgan fingerprint density at radius 1 is 0.857 bits per heavy atom. The van der Waals surface area contributed by atoms with E-state index < -0.39 is 10.0 Å². The van der Waals surface area contributed by atoms with E-state index in [1.165, 1.54) is 12.1 Å². The third kappa shape index (κ3) is 3.47. The predicted molar refractivity (Wildman–Crippen MR) is 114 cm³/mol. The molecule has 0 unspecified atom stereocenters. The van der Waals surface area contributed by atoms with Crippen LogP contribution in [0.5, 0.6) is 0 Å². The van der Waals surface area contributed by atoms with Crippen molar-refractivity contribution in [3.8, 4) is 22.5 Å². The molecule has 28 heavy (non-hydrogen) atoms. The maximum atomic E-state index is 11.6. The van der Waals surface area contributed by atoms with Crippen molar-refractivity contribution in [2.24, 2.45) is 5.14 Å². The van der Waals surface area contributed by atoms with Gasteiger partial charge in [0.1, 0.15) is 11.3 Å². The van der Waals surface area contributed by atoms with Crippen molar-refractivity contribution in [2.45, 2.75) is 4.90 Å². The molecule has 0 amide bonds. The van der Waals surface area contributed by atoms with Crippen LogP contribution in [-0.2, 0) is 10.0 Å². The SMILES string of the molecule is NS(=O)(=O)c1ccc(-c2oc3ccccc3c(=S)c2-c2ccc(Cl)cc2)cc1. The van der Waals surface area contributed by atoms with E-state index in [-0.39, 0.29) is 4.90 Å². The second kappa shape index (κ2) is 7.14. The molecular weight excluding hydrogens is 414 g/mol. The van der Waals surface area contributed by atoms with E-state index in [1.54, 1.807) is 24.3 Å². The number of hydrogen-bond acceptors (Lipinski definition) is 4. The maximum Gasteiger partial charge on any atom is 0.238 e. The summed E-state index contributed by atoms with van der Waals surface area (Å²) < 4.78 is 29.9. The second-order valence-electron chi connectivity index (χ2n) is 6.21. The summed E-state index contributed by atoms with van der Waals surface area (Å²) >= 11 is 11.8. The molecule has 0 aliphatic rings. The Labute approximate surface area is 172 Å². The summed E-state index contributed by atoms with van der Waals surface area (Å²) in [6.45, 7) is 0. The van der Waals surface area contributed by atoms with Crippen molar-refractivity contribution >= 4 is 44.8 Å². The fourth-order valence-corrected chi connectivity index (χ4v) is 4.04. The number of sulfonamides is 1. The van der Waals surface area contributed by atoms with Crippen LogP contribution >= 0.6 is 23.8 Å². The quantitative estimate of drug-likeness (QED) is 0.419. The van der Waals surface area contributed by atoms with Gasteiger partial charge in [0.25, 0.3) is 0 Å². The van der Waals surface area contributed by atoms with E-state index in [0.29, 0.717) is 26.4 Å². The number of rotatable bonds is 3. The van der Waals surface area contributed by atoms with Gasteiger partial charge in [0.05, 0.1) is 9.41 Å². The Morgan fingerprint density at radius 2 is 1.46 bits per heavy atom. The molecule has 3 aromatic carbocycles. The van der Waals surface area contributed by atoms with Gasteiger partial charge < -0.3 is 4.42 Å². The van der Waals surface area contributed by atoms with Crippen molar-refractivity contribution in [1.82, 2.24) is 0 Å². The molecule has 4 rings (SSSR count). The number of halogens is 1. The summed E-state index contributed by atoms with van der Waals surface area (Å²) in [4.78, 5) is 0.0312. The average Bonchev–Trinajstić information content (AvgIpc) is 2.68. The lowest BCUT2D eigenvalue weighted by Gasteiger charge is -2.12. The van der Waals surface area contributed by atoms with Gasteiger partial charge in [-0.25, -0.2) is 13.6 Å². The minimum atomic E-state index is -3.78. The molecular formula is C21H14ClNO3S2. The highest BCUT2D eigenvalue weighted by Crippen LogP contribution is 2.38. The van der Waals surface area contributed by atoms with Gasteiger partial charge >= 0.3 is 0 Å². The Kier molecular flexibility index (Phi) is 4.81. The molecule has 4 aromatic rings. The van der Waals surface area contributed by atoms with Crippen LogP contribution in [0.1, 0.15) is 0 Å². The zero-order valence-corrected chi connectivity index (χ0v) is 16.8. The normalized spacial score (nSPS) is 11.6. The van der Waals surface area contributed by atoms with E-state index in [0.717, 1.165) is 16.5 Å². The molecule has 140 valence electrons. The first-order valence-electron chi connectivity index (χ1n) is 8.29. The van der Waals surface area contributed by atoms with Crippen molar-refractivity contribution in [3.05, 3.63) is 82.3 Å². The van der Waals surface area contributed by atoms with Gasteiger partial charge in [-0.1, -0.05) is 48.1 Å². The molecule has 0 fully saturated rings. The number of nitrogens with two attached hydrogens (primary N) is 1. The van der Waals surface area contributed by atoms with Crippen LogP contribution in [0.15, 0.2) is 82.1 Å².